The Balaban J connectivity index is 2.59. The van der Waals surface area contributed by atoms with Gasteiger partial charge in [-0.25, -0.2) is 9.59 Å². The third-order valence-corrected chi connectivity index (χ3v) is 2.72. The van der Waals surface area contributed by atoms with Crippen LogP contribution in [-0.2, 0) is 14.4 Å². The predicted octanol–water partition coefficient (Wildman–Crippen LogP) is -1.60. The summed E-state index contributed by atoms with van der Waals surface area (Å²) in [5.41, 5.74) is 0. The first-order chi connectivity index (χ1) is 8.81. The Morgan fingerprint density at radius 3 is 2.42 bits per heavy atom. The van der Waals surface area contributed by atoms with Crippen LogP contribution in [0.4, 0.5) is 4.79 Å². The van der Waals surface area contributed by atoms with Crippen LogP contribution in [0.1, 0.15) is 6.42 Å². The number of urea groups is 1. The number of piperazine rings is 1. The lowest BCUT2D eigenvalue weighted by molar-refractivity contribution is -0.145. The molecule has 19 heavy (non-hydrogen) atoms. The fourth-order valence-electron chi connectivity index (χ4n) is 1.55. The Morgan fingerprint density at radius 1 is 1.32 bits per heavy atom. The van der Waals surface area contributed by atoms with Gasteiger partial charge in [0.2, 0.25) is 5.91 Å². The summed E-state index contributed by atoms with van der Waals surface area (Å²) >= 11 is 0. The molecule has 9 heteroatoms. The number of carboxylic acid groups (broad SMARTS) is 2. The molecule has 0 bridgehead atoms. The number of carbonyl (C=O) groups excluding carboxylic acids is 2. The third kappa shape index (κ3) is 4.12. The number of likely N-dealkylation sites (N-methyl/N-ethyl adjacent to an activating group) is 1. The van der Waals surface area contributed by atoms with Crippen LogP contribution in [0.2, 0.25) is 0 Å². The van der Waals surface area contributed by atoms with Crippen molar-refractivity contribution in [2.75, 3.05) is 26.7 Å². The molecule has 0 aromatic rings. The second-order valence-electron chi connectivity index (χ2n) is 4.18. The molecule has 106 valence electrons. The third-order valence-electron chi connectivity index (χ3n) is 2.72. The Morgan fingerprint density at radius 2 is 1.95 bits per heavy atom. The highest BCUT2D eigenvalue weighted by molar-refractivity contribution is 5.89. The van der Waals surface area contributed by atoms with Gasteiger partial charge in [0.05, 0.1) is 6.42 Å². The minimum absolute atomic E-state index is 0.151. The van der Waals surface area contributed by atoms with Gasteiger partial charge in [-0.05, 0) is 0 Å². The van der Waals surface area contributed by atoms with Crippen LogP contribution in [0.15, 0.2) is 0 Å². The first-order valence-electron chi connectivity index (χ1n) is 5.55. The molecule has 0 aromatic heterocycles. The van der Waals surface area contributed by atoms with E-state index in [1.54, 1.807) is 7.05 Å². The lowest BCUT2D eigenvalue weighted by Gasteiger charge is -2.32. The minimum Gasteiger partial charge on any atom is -0.481 e. The van der Waals surface area contributed by atoms with E-state index in [-0.39, 0.29) is 19.0 Å². The zero-order chi connectivity index (χ0) is 14.6. The Labute approximate surface area is 108 Å². The van der Waals surface area contributed by atoms with Crippen molar-refractivity contribution in [1.82, 2.24) is 15.1 Å². The number of hydrogen-bond donors (Lipinski definition) is 3. The molecule has 1 heterocycles. The predicted molar refractivity (Wildman–Crippen MR) is 61.4 cm³/mol. The van der Waals surface area contributed by atoms with Gasteiger partial charge in [-0.1, -0.05) is 0 Å². The van der Waals surface area contributed by atoms with Gasteiger partial charge < -0.3 is 25.3 Å². The summed E-state index contributed by atoms with van der Waals surface area (Å²) in [4.78, 5) is 47.0. The average Bonchev–Trinajstić information content (AvgIpc) is 2.31. The van der Waals surface area contributed by atoms with Crippen molar-refractivity contribution < 1.29 is 29.4 Å². The van der Waals surface area contributed by atoms with E-state index >= 15 is 0 Å². The standard InChI is InChI=1S/C10H15N3O6/c1-12-2-3-13(5-7(12)14)10(19)11-6(9(17)18)4-8(15)16/h6H,2-5H2,1H3,(H,11,19)(H,15,16)(H,17,18)/t6-/m1/s1. The Kier molecular flexibility index (Phi) is 4.67. The topological polar surface area (TPSA) is 127 Å². The lowest BCUT2D eigenvalue weighted by Crippen LogP contribution is -2.56. The molecule has 9 nitrogen and oxygen atoms in total. The zero-order valence-corrected chi connectivity index (χ0v) is 10.3. The van der Waals surface area contributed by atoms with E-state index in [0.717, 1.165) is 4.90 Å². The molecule has 1 aliphatic rings. The summed E-state index contributed by atoms with van der Waals surface area (Å²) in [6.45, 7) is 0.470. The quantitative estimate of drug-likeness (QED) is 0.566. The van der Waals surface area contributed by atoms with E-state index in [1.165, 1.54) is 4.90 Å². The fraction of sp³-hybridized carbons (Fsp3) is 0.600. The summed E-state index contributed by atoms with van der Waals surface area (Å²) in [7, 11) is 1.60. The largest absolute Gasteiger partial charge is 0.481 e. The van der Waals surface area contributed by atoms with Crippen molar-refractivity contribution in [2.24, 2.45) is 0 Å². The van der Waals surface area contributed by atoms with Gasteiger partial charge in [0, 0.05) is 20.1 Å². The van der Waals surface area contributed by atoms with Crippen molar-refractivity contribution in [3.63, 3.8) is 0 Å². The van der Waals surface area contributed by atoms with E-state index in [2.05, 4.69) is 5.32 Å². The van der Waals surface area contributed by atoms with Crippen molar-refractivity contribution in [2.45, 2.75) is 12.5 Å². The molecule has 0 saturated carbocycles. The van der Waals surface area contributed by atoms with Crippen molar-refractivity contribution in [3.8, 4) is 0 Å². The SMILES string of the molecule is CN1CCN(C(=O)N[C@H](CC(=O)O)C(=O)O)CC1=O. The van der Waals surface area contributed by atoms with Crippen LogP contribution < -0.4 is 5.32 Å². The number of rotatable bonds is 4. The van der Waals surface area contributed by atoms with Crippen LogP contribution in [0.3, 0.4) is 0 Å². The summed E-state index contributed by atoms with van der Waals surface area (Å²) in [5.74, 6) is -3.02. The highest BCUT2D eigenvalue weighted by Crippen LogP contribution is 2.02. The van der Waals surface area contributed by atoms with E-state index in [0.29, 0.717) is 6.54 Å². The summed E-state index contributed by atoms with van der Waals surface area (Å²) < 4.78 is 0. The number of amides is 3. The summed E-state index contributed by atoms with van der Waals surface area (Å²) in [6, 6.07) is -2.27. The summed E-state index contributed by atoms with van der Waals surface area (Å²) in [5, 5.41) is 19.4. The molecule has 0 unspecified atom stereocenters. The van der Waals surface area contributed by atoms with Gasteiger partial charge in [-0.3, -0.25) is 9.59 Å². The molecular weight excluding hydrogens is 258 g/mol. The van der Waals surface area contributed by atoms with E-state index < -0.39 is 30.4 Å². The number of carbonyl (C=O) groups is 4. The zero-order valence-electron chi connectivity index (χ0n) is 10.3. The maximum atomic E-state index is 11.7. The molecule has 1 aliphatic heterocycles. The van der Waals surface area contributed by atoms with Crippen molar-refractivity contribution >= 4 is 23.9 Å². The molecular formula is C10H15N3O6. The number of nitrogens with zero attached hydrogens (tertiary/aromatic N) is 2. The maximum Gasteiger partial charge on any atom is 0.326 e. The van der Waals surface area contributed by atoms with Crippen LogP contribution in [-0.4, -0.2) is 76.6 Å². The monoisotopic (exact) mass is 273 g/mol. The minimum atomic E-state index is -1.51. The van der Waals surface area contributed by atoms with Crippen LogP contribution in [0.5, 0.6) is 0 Å². The lowest BCUT2D eigenvalue weighted by atomic mass is 10.2. The number of hydrogen-bond acceptors (Lipinski definition) is 4. The molecule has 3 N–H and O–H groups in total. The van der Waals surface area contributed by atoms with E-state index in [9.17, 15) is 19.2 Å². The molecule has 0 radical (unpaired) electrons. The molecule has 0 aromatic carbocycles. The van der Waals surface area contributed by atoms with Gasteiger partial charge >= 0.3 is 18.0 Å². The van der Waals surface area contributed by atoms with Gasteiger partial charge in [-0.15, -0.1) is 0 Å². The molecule has 3 amide bonds. The van der Waals surface area contributed by atoms with Crippen molar-refractivity contribution in [1.29, 1.82) is 0 Å². The van der Waals surface area contributed by atoms with Gasteiger partial charge in [-0.2, -0.15) is 0 Å². The molecule has 0 spiro atoms. The highest BCUT2D eigenvalue weighted by atomic mass is 16.4. The van der Waals surface area contributed by atoms with Gasteiger partial charge in [0.1, 0.15) is 12.6 Å². The van der Waals surface area contributed by atoms with Gasteiger partial charge in [0.15, 0.2) is 0 Å². The molecule has 1 fully saturated rings. The summed E-state index contributed by atoms with van der Waals surface area (Å²) in [6.07, 6.45) is -0.719. The van der Waals surface area contributed by atoms with Crippen molar-refractivity contribution in [3.05, 3.63) is 0 Å². The smallest absolute Gasteiger partial charge is 0.326 e. The second-order valence-corrected chi connectivity index (χ2v) is 4.18. The molecule has 1 atom stereocenters. The van der Waals surface area contributed by atoms with E-state index in [4.69, 9.17) is 10.2 Å². The highest BCUT2D eigenvalue weighted by Gasteiger charge is 2.29. The van der Waals surface area contributed by atoms with E-state index in [1.807, 2.05) is 0 Å². The van der Waals surface area contributed by atoms with Gasteiger partial charge in [0.25, 0.3) is 0 Å². The Hall–Kier alpha value is -2.32. The fourth-order valence-corrected chi connectivity index (χ4v) is 1.55. The average molecular weight is 273 g/mol. The number of carboxylic acids is 2. The first-order valence-corrected chi connectivity index (χ1v) is 5.55. The molecule has 0 aliphatic carbocycles. The van der Waals surface area contributed by atoms with Crippen LogP contribution >= 0.6 is 0 Å². The van der Waals surface area contributed by atoms with Crippen LogP contribution in [0.25, 0.3) is 0 Å². The molecule has 1 saturated heterocycles. The number of aliphatic carboxylic acids is 2. The Bertz CT molecular complexity index is 410. The second kappa shape index (κ2) is 6.03. The maximum absolute atomic E-state index is 11.7. The first kappa shape index (κ1) is 14.7. The van der Waals surface area contributed by atoms with Crippen LogP contribution in [0, 0.1) is 0 Å². The number of nitrogens with one attached hydrogen (secondary N) is 1. The normalized spacial score (nSPS) is 17.0. The molecule has 1 rings (SSSR count).